The van der Waals surface area contributed by atoms with Crippen LogP contribution in [-0.4, -0.2) is 0 Å². The fourth-order valence-corrected chi connectivity index (χ4v) is 3.05. The Morgan fingerprint density at radius 2 is 1.03 bits per heavy atom. The van der Waals surface area contributed by atoms with Crippen LogP contribution in [0.5, 0.6) is 11.5 Å². The summed E-state index contributed by atoms with van der Waals surface area (Å²) in [6.45, 7) is 0.969. The van der Waals surface area contributed by atoms with Crippen molar-refractivity contribution in [1.29, 1.82) is 10.5 Å². The van der Waals surface area contributed by atoms with Crippen molar-refractivity contribution in [1.82, 2.24) is 0 Å². The first-order valence-electron chi connectivity index (χ1n) is 11.8. The molecule has 0 aliphatic carbocycles. The minimum Gasteiger partial charge on any atom is -0.489 e. The highest BCUT2D eigenvalue weighted by Gasteiger charge is 1.99. The first kappa shape index (κ1) is 21.3. The van der Waals surface area contributed by atoms with E-state index in [0.29, 0.717) is 30.9 Å². The summed E-state index contributed by atoms with van der Waals surface area (Å²) in [5, 5.41) is 17.4. The lowest BCUT2D eigenvalue weighted by molar-refractivity contribution is 0.306. The van der Waals surface area contributed by atoms with E-state index in [1.807, 2.05) is 84.9 Å². The monoisotopic (exact) mass is 448 g/mol. The molecule has 4 aromatic rings. The van der Waals surface area contributed by atoms with Gasteiger partial charge in [0.15, 0.2) is 0 Å². The smallest absolute Gasteiger partial charge is 0.120 e. The number of ether oxygens (including phenoxy) is 2. The summed E-state index contributed by atoms with van der Waals surface area (Å²) in [6.07, 6.45) is -1.57. The average molecular weight is 449 g/mol. The second-order valence-corrected chi connectivity index (χ2v) is 7.30. The van der Waals surface area contributed by atoms with Crippen molar-refractivity contribution in [3.05, 3.63) is 131 Å². The van der Waals surface area contributed by atoms with E-state index in [-0.39, 0.29) is 0 Å². The van der Waals surface area contributed by atoms with Gasteiger partial charge in [0.25, 0.3) is 0 Å². The van der Waals surface area contributed by atoms with Crippen molar-refractivity contribution in [3.8, 4) is 23.6 Å². The standard InChI is InChI=1S/2C15H13NO/c2*16-10-9-13-7-4-8-15(11-13)17-12-14-5-2-1-3-6-14/h2*1-8,11H,9,12H2/i9D2;. The van der Waals surface area contributed by atoms with Gasteiger partial charge in [0.05, 0.1) is 24.9 Å². The van der Waals surface area contributed by atoms with E-state index in [2.05, 4.69) is 6.07 Å². The lowest BCUT2D eigenvalue weighted by Crippen LogP contribution is -1.95. The van der Waals surface area contributed by atoms with Gasteiger partial charge in [-0.05, 0) is 46.5 Å². The van der Waals surface area contributed by atoms with Crippen LogP contribution >= 0.6 is 0 Å². The molecule has 0 aromatic heterocycles. The van der Waals surface area contributed by atoms with Gasteiger partial charge in [-0.2, -0.15) is 10.5 Å². The maximum absolute atomic E-state index is 8.78. The highest BCUT2D eigenvalue weighted by atomic mass is 16.5. The lowest BCUT2D eigenvalue weighted by atomic mass is 10.1. The Bertz CT molecular complexity index is 1310. The summed E-state index contributed by atoms with van der Waals surface area (Å²) in [7, 11) is 0. The van der Waals surface area contributed by atoms with Crippen LogP contribution in [0.2, 0.25) is 0 Å². The van der Waals surface area contributed by atoms with Crippen LogP contribution in [0, 0.1) is 22.7 Å². The van der Waals surface area contributed by atoms with Crippen LogP contribution in [0.15, 0.2) is 109 Å². The van der Waals surface area contributed by atoms with Gasteiger partial charge in [0.2, 0.25) is 0 Å². The Morgan fingerprint density at radius 3 is 1.53 bits per heavy atom. The zero-order valence-electron chi connectivity index (χ0n) is 20.7. The number of rotatable bonds is 8. The van der Waals surface area contributed by atoms with Crippen LogP contribution < -0.4 is 9.47 Å². The van der Waals surface area contributed by atoms with E-state index in [4.69, 9.17) is 22.7 Å². The molecular weight excluding hydrogens is 420 g/mol. The van der Waals surface area contributed by atoms with Crippen molar-refractivity contribution in [2.75, 3.05) is 0 Å². The molecule has 0 saturated carbocycles. The molecule has 0 spiro atoms. The van der Waals surface area contributed by atoms with Crippen LogP contribution in [0.1, 0.15) is 25.0 Å². The predicted molar refractivity (Wildman–Crippen MR) is 133 cm³/mol. The van der Waals surface area contributed by atoms with E-state index in [9.17, 15) is 0 Å². The third-order valence-electron chi connectivity index (χ3n) is 4.71. The second-order valence-electron chi connectivity index (χ2n) is 7.30. The SMILES string of the molecule is N#CCc1cccc(OCc2ccccc2)c1.[2H]C([2H])(C#N)c1cccc(OCc2ccccc2)c1. The van der Waals surface area contributed by atoms with Gasteiger partial charge in [0, 0.05) is 2.74 Å². The number of nitrogens with zero attached hydrogens (tertiary/aromatic N) is 2. The number of hydrogen-bond acceptors (Lipinski definition) is 4. The molecular formula is C30H26N2O2. The van der Waals surface area contributed by atoms with E-state index in [1.54, 1.807) is 30.3 Å². The normalized spacial score (nSPS) is 10.9. The van der Waals surface area contributed by atoms with Crippen molar-refractivity contribution in [3.63, 3.8) is 0 Å². The first-order chi connectivity index (χ1) is 17.5. The molecule has 4 rings (SSSR count). The average Bonchev–Trinajstić information content (AvgIpc) is 2.93. The lowest BCUT2D eigenvalue weighted by Gasteiger charge is -2.06. The third-order valence-corrected chi connectivity index (χ3v) is 4.71. The van der Waals surface area contributed by atoms with Gasteiger partial charge in [-0.3, -0.25) is 0 Å². The van der Waals surface area contributed by atoms with E-state index in [0.717, 1.165) is 22.4 Å². The molecule has 0 heterocycles. The van der Waals surface area contributed by atoms with Gasteiger partial charge in [-0.15, -0.1) is 0 Å². The summed E-state index contributed by atoms with van der Waals surface area (Å²) < 4.78 is 26.4. The summed E-state index contributed by atoms with van der Waals surface area (Å²) in [5.41, 5.74) is 3.47. The topological polar surface area (TPSA) is 66.0 Å². The van der Waals surface area contributed by atoms with Crippen molar-refractivity contribution >= 4 is 0 Å². The minimum atomic E-state index is -1.99. The van der Waals surface area contributed by atoms with E-state index < -0.39 is 6.37 Å². The Kier molecular flexibility index (Phi) is 8.64. The Labute approximate surface area is 204 Å². The first-order valence-corrected chi connectivity index (χ1v) is 10.8. The largest absolute Gasteiger partial charge is 0.489 e. The number of benzene rings is 4. The minimum absolute atomic E-state index is 0.306. The highest BCUT2D eigenvalue weighted by Crippen LogP contribution is 2.16. The Hall–Kier alpha value is -4.54. The molecule has 0 fully saturated rings. The molecule has 168 valence electrons. The van der Waals surface area contributed by atoms with Gasteiger partial charge >= 0.3 is 0 Å². The zero-order chi connectivity index (χ0) is 25.6. The summed E-state index contributed by atoms with van der Waals surface area (Å²) in [6, 6.07) is 37.7. The van der Waals surface area contributed by atoms with Gasteiger partial charge in [-0.1, -0.05) is 84.9 Å². The van der Waals surface area contributed by atoms with Crippen molar-refractivity contribution < 1.29 is 12.2 Å². The third kappa shape index (κ3) is 8.54. The summed E-state index contributed by atoms with van der Waals surface area (Å²) in [5.74, 6) is 1.36. The molecule has 0 amide bonds. The quantitative estimate of drug-likeness (QED) is 0.302. The maximum Gasteiger partial charge on any atom is 0.120 e. The molecule has 0 atom stereocenters. The van der Waals surface area contributed by atoms with E-state index >= 15 is 0 Å². The molecule has 4 aromatic carbocycles. The molecule has 34 heavy (non-hydrogen) atoms. The maximum atomic E-state index is 8.78. The van der Waals surface area contributed by atoms with Crippen LogP contribution in [0.3, 0.4) is 0 Å². The second kappa shape index (κ2) is 13.8. The predicted octanol–water partition coefficient (Wildman–Crippen LogP) is 6.66. The van der Waals surface area contributed by atoms with Gasteiger partial charge in [0.1, 0.15) is 24.7 Å². The van der Waals surface area contributed by atoms with Crippen molar-refractivity contribution in [2.24, 2.45) is 0 Å². The molecule has 0 bridgehead atoms. The molecule has 0 aliphatic rings. The fourth-order valence-electron chi connectivity index (χ4n) is 3.05. The molecule has 4 nitrogen and oxygen atoms in total. The Balaban J connectivity index is 0.000000202. The zero-order valence-corrected chi connectivity index (χ0v) is 18.7. The molecule has 0 N–H and O–H groups in total. The summed E-state index contributed by atoms with van der Waals surface area (Å²) in [4.78, 5) is 0. The van der Waals surface area contributed by atoms with Gasteiger partial charge < -0.3 is 9.47 Å². The number of hydrogen-bond donors (Lipinski definition) is 0. The van der Waals surface area contributed by atoms with Crippen LogP contribution in [-0.2, 0) is 26.0 Å². The van der Waals surface area contributed by atoms with Gasteiger partial charge in [-0.25, -0.2) is 0 Å². The van der Waals surface area contributed by atoms with Crippen LogP contribution in [0.25, 0.3) is 0 Å². The van der Waals surface area contributed by atoms with E-state index in [1.165, 1.54) is 0 Å². The van der Waals surface area contributed by atoms with Crippen LogP contribution in [0.4, 0.5) is 0 Å². The molecule has 0 saturated heterocycles. The molecule has 4 heteroatoms. The van der Waals surface area contributed by atoms with Crippen molar-refractivity contribution in [2.45, 2.75) is 26.0 Å². The fraction of sp³-hybridized carbons (Fsp3) is 0.133. The summed E-state index contributed by atoms with van der Waals surface area (Å²) >= 11 is 0. The Morgan fingerprint density at radius 1 is 0.559 bits per heavy atom. The molecule has 0 aliphatic heterocycles. The molecule has 0 radical (unpaired) electrons. The number of nitriles is 2. The molecule has 0 unspecified atom stereocenters. The highest BCUT2D eigenvalue weighted by molar-refractivity contribution is 5.31.